The number of aryl methyl sites for hydroxylation is 1. The van der Waals surface area contributed by atoms with Gasteiger partial charge >= 0.3 is 0 Å². The van der Waals surface area contributed by atoms with Gasteiger partial charge in [0, 0.05) is 25.1 Å². The van der Waals surface area contributed by atoms with E-state index in [2.05, 4.69) is 31.3 Å². The van der Waals surface area contributed by atoms with E-state index in [0.717, 1.165) is 11.1 Å². The van der Waals surface area contributed by atoms with Gasteiger partial charge in [0.05, 0.1) is 19.1 Å². The van der Waals surface area contributed by atoms with Crippen LogP contribution in [0.25, 0.3) is 0 Å². The summed E-state index contributed by atoms with van der Waals surface area (Å²) in [5.41, 5.74) is 2.53. The molecule has 13 nitrogen and oxygen atoms in total. The molecule has 3 atom stereocenters. The number of carbonyl (C=O) groups is 3. The van der Waals surface area contributed by atoms with Gasteiger partial charge in [-0.1, -0.05) is 62.7 Å². The molecule has 236 valence electrons. The van der Waals surface area contributed by atoms with E-state index in [1.165, 1.54) is 6.33 Å². The molecule has 0 saturated heterocycles. The van der Waals surface area contributed by atoms with E-state index in [1.807, 2.05) is 63.2 Å². The average Bonchev–Trinajstić information content (AvgIpc) is 3.70. The van der Waals surface area contributed by atoms with Crippen LogP contribution in [0.3, 0.4) is 0 Å². The molecule has 0 saturated carbocycles. The molecule has 1 aliphatic heterocycles. The molecule has 45 heavy (non-hydrogen) atoms. The fourth-order valence-corrected chi connectivity index (χ4v) is 5.50. The number of benzene rings is 2. The largest absolute Gasteiger partial charge is 0.344 e. The Morgan fingerprint density at radius 2 is 1.78 bits per heavy atom. The lowest BCUT2D eigenvalue weighted by atomic mass is 9.97. The van der Waals surface area contributed by atoms with Gasteiger partial charge in [0.25, 0.3) is 5.91 Å². The third-order valence-corrected chi connectivity index (χ3v) is 8.17. The van der Waals surface area contributed by atoms with Gasteiger partial charge in [-0.25, -0.2) is 14.3 Å². The number of nitrogens with one attached hydrogen (secondary N) is 2. The van der Waals surface area contributed by atoms with Crippen molar-refractivity contribution in [2.45, 2.75) is 71.6 Å². The van der Waals surface area contributed by atoms with Gasteiger partial charge in [-0.15, -0.1) is 5.10 Å². The van der Waals surface area contributed by atoms with E-state index >= 15 is 0 Å². The number of carbonyl (C=O) groups excluding carboxylic acids is 3. The first-order chi connectivity index (χ1) is 21.8. The Bertz CT molecular complexity index is 1570. The van der Waals surface area contributed by atoms with Crippen LogP contribution in [-0.4, -0.2) is 76.7 Å². The van der Waals surface area contributed by atoms with Crippen LogP contribution in [0, 0.1) is 12.8 Å². The summed E-state index contributed by atoms with van der Waals surface area (Å²) in [5.74, 6) is 0.496. The van der Waals surface area contributed by atoms with Crippen LogP contribution in [0.5, 0.6) is 0 Å². The molecule has 0 unspecified atom stereocenters. The van der Waals surface area contributed by atoms with Crippen molar-refractivity contribution in [3.8, 4) is 0 Å². The number of amides is 3. The summed E-state index contributed by atoms with van der Waals surface area (Å²) in [4.78, 5) is 47.1. The molecule has 2 N–H and O–H groups in total. The minimum Gasteiger partial charge on any atom is -0.344 e. The summed E-state index contributed by atoms with van der Waals surface area (Å²) >= 11 is 0. The zero-order chi connectivity index (χ0) is 31.8. The maximum atomic E-state index is 13.8. The number of aromatic nitrogens is 7. The SMILES string of the molecule is CC[C@H](C)[C@@H]1NC(=O)CCCN(C(=O)c2ccc(Cn3cnnn3)cc2)CCn2nc(C)nc2[C@H](Cc2ccccc2)NC1=O. The lowest BCUT2D eigenvalue weighted by Crippen LogP contribution is -2.51. The topological polar surface area (TPSA) is 153 Å². The van der Waals surface area contributed by atoms with Gasteiger partial charge in [0.15, 0.2) is 0 Å². The third-order valence-electron chi connectivity index (χ3n) is 8.17. The smallest absolute Gasteiger partial charge is 0.253 e. The average molecular weight is 613 g/mol. The molecule has 0 fully saturated rings. The van der Waals surface area contributed by atoms with Crippen molar-refractivity contribution in [1.29, 1.82) is 0 Å². The Labute approximate surface area is 262 Å². The Kier molecular flexibility index (Phi) is 10.3. The second-order valence-electron chi connectivity index (χ2n) is 11.5. The van der Waals surface area contributed by atoms with E-state index in [9.17, 15) is 14.4 Å². The third kappa shape index (κ3) is 8.16. The highest BCUT2D eigenvalue weighted by molar-refractivity contribution is 5.94. The van der Waals surface area contributed by atoms with Crippen LogP contribution in [0.1, 0.15) is 72.3 Å². The quantitative estimate of drug-likeness (QED) is 0.323. The molecule has 13 heteroatoms. The standard InChI is InChI=1S/C32H40N10O3/c1-4-22(2)29-31(44)35-27(19-24-9-6-5-7-10-24)30-34-23(3)37-42(30)18-17-40(16-8-11-28(43)36-29)32(45)26-14-12-25(13-15-26)20-41-21-33-38-39-41/h5-7,9-10,12-15,21-22,27,29H,4,8,11,16-20H2,1-3H3,(H,35,44)(H,36,43)/t22-,27-,29-/m0/s1. The van der Waals surface area contributed by atoms with Crippen molar-refractivity contribution in [1.82, 2.24) is 50.5 Å². The number of hydrogen-bond donors (Lipinski definition) is 2. The van der Waals surface area contributed by atoms with Crippen molar-refractivity contribution in [3.63, 3.8) is 0 Å². The number of hydrogen-bond acceptors (Lipinski definition) is 8. The number of tetrazole rings is 1. The van der Waals surface area contributed by atoms with Crippen LogP contribution < -0.4 is 10.6 Å². The molecule has 3 heterocycles. The molecule has 2 aromatic carbocycles. The first-order valence-electron chi connectivity index (χ1n) is 15.4. The van der Waals surface area contributed by atoms with E-state index in [0.29, 0.717) is 62.7 Å². The van der Waals surface area contributed by atoms with Crippen LogP contribution in [0.4, 0.5) is 0 Å². The molecule has 0 radical (unpaired) electrons. The lowest BCUT2D eigenvalue weighted by molar-refractivity contribution is -0.130. The molecular formula is C32H40N10O3. The summed E-state index contributed by atoms with van der Waals surface area (Å²) < 4.78 is 3.40. The molecule has 1 aliphatic rings. The second kappa shape index (κ2) is 14.7. The van der Waals surface area contributed by atoms with Crippen LogP contribution in [0.2, 0.25) is 0 Å². The van der Waals surface area contributed by atoms with Gasteiger partial charge in [-0.2, -0.15) is 5.10 Å². The highest BCUT2D eigenvalue weighted by atomic mass is 16.2. The van der Waals surface area contributed by atoms with E-state index in [-0.39, 0.29) is 30.1 Å². The zero-order valence-corrected chi connectivity index (χ0v) is 26.0. The summed E-state index contributed by atoms with van der Waals surface area (Å²) in [7, 11) is 0. The Morgan fingerprint density at radius 3 is 2.49 bits per heavy atom. The predicted octanol–water partition coefficient (Wildman–Crippen LogP) is 2.49. The second-order valence-corrected chi connectivity index (χ2v) is 11.5. The maximum Gasteiger partial charge on any atom is 0.253 e. The Morgan fingerprint density at radius 1 is 1.00 bits per heavy atom. The first kappa shape index (κ1) is 31.5. The molecule has 2 aromatic heterocycles. The Balaban J connectivity index is 1.43. The summed E-state index contributed by atoms with van der Waals surface area (Å²) in [6.07, 6.45) is 3.38. The van der Waals surface area contributed by atoms with Crippen molar-refractivity contribution in [3.05, 3.63) is 89.3 Å². The monoisotopic (exact) mass is 612 g/mol. The molecule has 4 aromatic rings. The number of fused-ring (bicyclic) bond motifs is 1. The van der Waals surface area contributed by atoms with Gasteiger partial charge in [-0.3, -0.25) is 14.4 Å². The van der Waals surface area contributed by atoms with Gasteiger partial charge in [0.2, 0.25) is 11.8 Å². The number of nitrogens with zero attached hydrogens (tertiary/aromatic N) is 8. The van der Waals surface area contributed by atoms with Crippen molar-refractivity contribution >= 4 is 17.7 Å². The normalized spacial score (nSPS) is 18.8. The summed E-state index contributed by atoms with van der Waals surface area (Å²) in [6.45, 7) is 7.37. The highest BCUT2D eigenvalue weighted by Gasteiger charge is 2.31. The van der Waals surface area contributed by atoms with Crippen LogP contribution in [0.15, 0.2) is 60.9 Å². The highest BCUT2D eigenvalue weighted by Crippen LogP contribution is 2.20. The fourth-order valence-electron chi connectivity index (χ4n) is 5.50. The fraction of sp³-hybridized carbons (Fsp3) is 0.438. The molecular weight excluding hydrogens is 572 g/mol. The van der Waals surface area contributed by atoms with Gasteiger partial charge in [-0.05, 0) is 59.4 Å². The minimum atomic E-state index is -0.703. The van der Waals surface area contributed by atoms with E-state index in [1.54, 1.807) is 26.4 Å². The van der Waals surface area contributed by atoms with Crippen molar-refractivity contribution in [2.75, 3.05) is 13.1 Å². The minimum absolute atomic E-state index is 0.0827. The van der Waals surface area contributed by atoms with Gasteiger partial charge < -0.3 is 15.5 Å². The first-order valence-corrected chi connectivity index (χ1v) is 15.4. The van der Waals surface area contributed by atoms with Crippen LogP contribution in [-0.2, 0) is 29.1 Å². The molecule has 5 rings (SSSR count). The lowest BCUT2D eigenvalue weighted by Gasteiger charge is -2.28. The molecule has 0 bridgehead atoms. The maximum absolute atomic E-state index is 13.8. The zero-order valence-electron chi connectivity index (χ0n) is 26.0. The summed E-state index contributed by atoms with van der Waals surface area (Å²) in [5, 5.41) is 22.0. The predicted molar refractivity (Wildman–Crippen MR) is 166 cm³/mol. The van der Waals surface area contributed by atoms with E-state index in [4.69, 9.17) is 4.98 Å². The van der Waals surface area contributed by atoms with Crippen LogP contribution >= 0.6 is 0 Å². The van der Waals surface area contributed by atoms with Crippen molar-refractivity contribution < 1.29 is 14.4 Å². The van der Waals surface area contributed by atoms with Crippen molar-refractivity contribution in [2.24, 2.45) is 5.92 Å². The Hall–Kier alpha value is -4.94. The molecule has 0 spiro atoms. The van der Waals surface area contributed by atoms with Gasteiger partial charge in [0.1, 0.15) is 24.0 Å². The molecule has 0 aliphatic carbocycles. The molecule has 3 amide bonds. The summed E-state index contributed by atoms with van der Waals surface area (Å²) in [6, 6.07) is 16.1. The number of rotatable bonds is 7. The van der Waals surface area contributed by atoms with E-state index < -0.39 is 12.1 Å².